The Morgan fingerprint density at radius 1 is 1.10 bits per heavy atom. The molecule has 2 atom stereocenters. The third-order valence-corrected chi connectivity index (χ3v) is 4.80. The van der Waals surface area contributed by atoms with Gasteiger partial charge < -0.3 is 21.4 Å². The Labute approximate surface area is 170 Å². The molecule has 8 heteroatoms. The number of nitrogens with one attached hydrogen (secondary N) is 4. The molecule has 0 aliphatic heterocycles. The van der Waals surface area contributed by atoms with Crippen LogP contribution in [-0.4, -0.2) is 41.8 Å². The minimum Gasteiger partial charge on any atom is -0.350 e. The van der Waals surface area contributed by atoms with Gasteiger partial charge in [0, 0.05) is 19.9 Å². The predicted octanol–water partition coefficient (Wildman–Crippen LogP) is 1.01. The van der Waals surface area contributed by atoms with Crippen molar-refractivity contribution in [1.29, 1.82) is 5.41 Å². The standard InChI is InChI=1S/C21H28N4O4/c1-13-3-5-15(6-4-13)12-23-20(28)18(10-9-17(27)11-22)25-21(29)19(16-7-8-16)24-14(2)26/h3-6,11,16,18-19,22H,7-10,12H2,1-2H3,(H,23,28)(H,24,26)(H,25,29)/t18-,19-/m0/s1. The van der Waals surface area contributed by atoms with Gasteiger partial charge in [0.05, 0.1) is 6.21 Å². The van der Waals surface area contributed by atoms with Crippen molar-refractivity contribution in [3.63, 3.8) is 0 Å². The minimum atomic E-state index is -0.924. The minimum absolute atomic E-state index is 0.0272. The SMILES string of the molecule is CC(=O)N[C@H](C(=O)N[C@@H](CCC(=O)C=N)C(=O)NCc1ccc(C)cc1)C1CC1. The van der Waals surface area contributed by atoms with Crippen molar-refractivity contribution in [1.82, 2.24) is 16.0 Å². The van der Waals surface area contributed by atoms with Crippen molar-refractivity contribution < 1.29 is 19.2 Å². The molecular formula is C21H28N4O4. The smallest absolute Gasteiger partial charge is 0.243 e. The molecule has 1 aliphatic rings. The fourth-order valence-corrected chi connectivity index (χ4v) is 2.95. The topological polar surface area (TPSA) is 128 Å². The van der Waals surface area contributed by atoms with E-state index in [1.165, 1.54) is 6.92 Å². The van der Waals surface area contributed by atoms with Crippen LogP contribution in [0.4, 0.5) is 0 Å². The van der Waals surface area contributed by atoms with Gasteiger partial charge in [-0.2, -0.15) is 0 Å². The van der Waals surface area contributed by atoms with E-state index in [0.717, 1.165) is 24.0 Å². The predicted molar refractivity (Wildman–Crippen MR) is 108 cm³/mol. The first-order valence-electron chi connectivity index (χ1n) is 9.74. The van der Waals surface area contributed by atoms with Crippen LogP contribution < -0.4 is 16.0 Å². The Morgan fingerprint density at radius 3 is 2.31 bits per heavy atom. The summed E-state index contributed by atoms with van der Waals surface area (Å²) >= 11 is 0. The van der Waals surface area contributed by atoms with Crippen LogP contribution in [0.5, 0.6) is 0 Å². The normalized spacial score (nSPS) is 15.0. The Hall–Kier alpha value is -3.03. The van der Waals surface area contributed by atoms with Gasteiger partial charge in [-0.1, -0.05) is 29.8 Å². The molecule has 1 fully saturated rings. The van der Waals surface area contributed by atoms with E-state index in [-0.39, 0.29) is 24.7 Å². The fraction of sp³-hybridized carbons (Fsp3) is 0.476. The maximum absolute atomic E-state index is 12.7. The van der Waals surface area contributed by atoms with Crippen LogP contribution in [0.1, 0.15) is 43.7 Å². The monoisotopic (exact) mass is 400 g/mol. The number of carbonyl (C=O) groups excluding carboxylic acids is 4. The average molecular weight is 400 g/mol. The third-order valence-electron chi connectivity index (χ3n) is 4.80. The molecule has 1 saturated carbocycles. The first-order valence-corrected chi connectivity index (χ1v) is 9.74. The molecule has 1 aromatic rings. The van der Waals surface area contributed by atoms with Gasteiger partial charge in [-0.3, -0.25) is 19.2 Å². The lowest BCUT2D eigenvalue weighted by Gasteiger charge is -2.22. The van der Waals surface area contributed by atoms with E-state index in [4.69, 9.17) is 5.41 Å². The quantitative estimate of drug-likeness (QED) is 0.413. The molecule has 29 heavy (non-hydrogen) atoms. The summed E-state index contributed by atoms with van der Waals surface area (Å²) in [5, 5.41) is 15.1. The molecule has 0 radical (unpaired) electrons. The van der Waals surface area contributed by atoms with E-state index in [9.17, 15) is 19.2 Å². The van der Waals surface area contributed by atoms with Gasteiger partial charge in [-0.25, -0.2) is 0 Å². The van der Waals surface area contributed by atoms with Crippen molar-refractivity contribution in [3.8, 4) is 0 Å². The second kappa shape index (κ2) is 10.5. The van der Waals surface area contributed by atoms with E-state index in [0.29, 0.717) is 12.8 Å². The Balaban J connectivity index is 2.01. The summed E-state index contributed by atoms with van der Waals surface area (Å²) in [5.41, 5.74) is 2.03. The fourth-order valence-electron chi connectivity index (χ4n) is 2.95. The zero-order valence-electron chi connectivity index (χ0n) is 16.8. The number of hydrogen-bond acceptors (Lipinski definition) is 5. The van der Waals surface area contributed by atoms with Crippen LogP contribution >= 0.6 is 0 Å². The number of ketones is 1. The molecule has 0 unspecified atom stereocenters. The van der Waals surface area contributed by atoms with E-state index in [1.54, 1.807) is 0 Å². The summed E-state index contributed by atoms with van der Waals surface area (Å²) in [6.45, 7) is 3.61. The molecule has 0 aromatic heterocycles. The highest BCUT2D eigenvalue weighted by atomic mass is 16.2. The summed E-state index contributed by atoms with van der Waals surface area (Å²) in [7, 11) is 0. The van der Waals surface area contributed by atoms with Gasteiger partial charge in [-0.15, -0.1) is 0 Å². The Morgan fingerprint density at radius 2 is 1.76 bits per heavy atom. The summed E-state index contributed by atoms with van der Waals surface area (Å²) in [6.07, 6.45) is 2.44. The number of benzene rings is 1. The molecule has 0 bridgehead atoms. The summed E-state index contributed by atoms with van der Waals surface area (Å²) in [4.78, 5) is 48.2. The maximum Gasteiger partial charge on any atom is 0.243 e. The summed E-state index contributed by atoms with van der Waals surface area (Å²) in [6, 6.07) is 6.09. The molecule has 1 aromatic carbocycles. The van der Waals surface area contributed by atoms with Crippen LogP contribution in [-0.2, 0) is 25.7 Å². The summed E-state index contributed by atoms with van der Waals surface area (Å²) < 4.78 is 0. The lowest BCUT2D eigenvalue weighted by Crippen LogP contribution is -2.54. The van der Waals surface area contributed by atoms with Crippen molar-refractivity contribution in [3.05, 3.63) is 35.4 Å². The van der Waals surface area contributed by atoms with Gasteiger partial charge in [-0.05, 0) is 37.7 Å². The highest BCUT2D eigenvalue weighted by molar-refractivity contribution is 6.26. The van der Waals surface area contributed by atoms with Gasteiger partial charge >= 0.3 is 0 Å². The number of rotatable bonds is 11. The van der Waals surface area contributed by atoms with Crippen LogP contribution in [0.25, 0.3) is 0 Å². The molecule has 2 rings (SSSR count). The summed E-state index contributed by atoms with van der Waals surface area (Å²) in [5.74, 6) is -1.50. The molecule has 3 amide bonds. The van der Waals surface area contributed by atoms with Gasteiger partial charge in [0.2, 0.25) is 17.7 Å². The Bertz CT molecular complexity index is 771. The number of hydrogen-bond donors (Lipinski definition) is 4. The van der Waals surface area contributed by atoms with E-state index < -0.39 is 29.7 Å². The molecule has 1 aliphatic carbocycles. The van der Waals surface area contributed by atoms with Crippen molar-refractivity contribution in [2.24, 2.45) is 5.92 Å². The van der Waals surface area contributed by atoms with E-state index in [1.807, 2.05) is 31.2 Å². The molecular weight excluding hydrogens is 372 g/mol. The number of aryl methyl sites for hydroxylation is 1. The number of Topliss-reactive ketones (excluding diaryl/α,β-unsaturated/α-hetero) is 1. The van der Waals surface area contributed by atoms with Crippen molar-refractivity contribution in [2.45, 2.75) is 58.2 Å². The molecule has 4 N–H and O–H groups in total. The van der Waals surface area contributed by atoms with E-state index >= 15 is 0 Å². The van der Waals surface area contributed by atoms with Crippen molar-refractivity contribution in [2.75, 3.05) is 0 Å². The molecule has 0 saturated heterocycles. The second-order valence-corrected chi connectivity index (χ2v) is 7.43. The second-order valence-electron chi connectivity index (χ2n) is 7.43. The zero-order valence-corrected chi connectivity index (χ0v) is 16.8. The zero-order chi connectivity index (χ0) is 21.4. The van der Waals surface area contributed by atoms with Gasteiger partial charge in [0.15, 0.2) is 5.78 Å². The van der Waals surface area contributed by atoms with Crippen LogP contribution in [0.15, 0.2) is 24.3 Å². The molecule has 8 nitrogen and oxygen atoms in total. The highest BCUT2D eigenvalue weighted by Gasteiger charge is 2.38. The molecule has 0 spiro atoms. The number of carbonyl (C=O) groups is 4. The Kier molecular flexibility index (Phi) is 8.06. The maximum atomic E-state index is 12.7. The molecule has 156 valence electrons. The first-order chi connectivity index (χ1) is 13.8. The lowest BCUT2D eigenvalue weighted by atomic mass is 10.1. The van der Waals surface area contributed by atoms with E-state index in [2.05, 4.69) is 16.0 Å². The van der Waals surface area contributed by atoms with Crippen LogP contribution in [0.3, 0.4) is 0 Å². The van der Waals surface area contributed by atoms with Crippen molar-refractivity contribution >= 4 is 29.7 Å². The van der Waals surface area contributed by atoms with Gasteiger partial charge in [0.1, 0.15) is 12.1 Å². The largest absolute Gasteiger partial charge is 0.350 e. The third kappa shape index (κ3) is 7.48. The first kappa shape index (κ1) is 22.3. The highest BCUT2D eigenvalue weighted by Crippen LogP contribution is 2.32. The van der Waals surface area contributed by atoms with Crippen LogP contribution in [0, 0.1) is 18.3 Å². The number of amides is 3. The van der Waals surface area contributed by atoms with Gasteiger partial charge in [0.25, 0.3) is 0 Å². The lowest BCUT2D eigenvalue weighted by molar-refractivity contribution is -0.132. The van der Waals surface area contributed by atoms with Crippen LogP contribution in [0.2, 0.25) is 0 Å². The molecule has 0 heterocycles. The average Bonchev–Trinajstić information content (AvgIpc) is 3.53.